The van der Waals surface area contributed by atoms with Gasteiger partial charge < -0.3 is 14.4 Å². The van der Waals surface area contributed by atoms with Gasteiger partial charge in [0.15, 0.2) is 0 Å². The Morgan fingerprint density at radius 2 is 2.19 bits per heavy atom. The van der Waals surface area contributed by atoms with Crippen LogP contribution in [0.25, 0.3) is 0 Å². The standard InChI is InChI=1S/C16H21N3OS/c1-13-11-17(2)8-9-19(13)16(20)15-6-3-7-18(15)12-14-5-4-10-21-14/h3-7,10,13H,8-9,11-12H2,1-2H3. The van der Waals surface area contributed by atoms with E-state index in [2.05, 4.69) is 34.9 Å². The fourth-order valence-electron chi connectivity index (χ4n) is 2.91. The van der Waals surface area contributed by atoms with Crippen molar-refractivity contribution in [2.75, 3.05) is 26.7 Å². The Morgan fingerprint density at radius 3 is 2.90 bits per heavy atom. The molecule has 3 rings (SSSR count). The Morgan fingerprint density at radius 1 is 1.33 bits per heavy atom. The van der Waals surface area contributed by atoms with E-state index in [0.29, 0.717) is 0 Å². The Balaban J connectivity index is 1.77. The molecule has 4 nitrogen and oxygen atoms in total. The van der Waals surface area contributed by atoms with Gasteiger partial charge in [0.1, 0.15) is 5.69 Å². The summed E-state index contributed by atoms with van der Waals surface area (Å²) in [6.07, 6.45) is 1.99. The molecule has 0 N–H and O–H groups in total. The highest BCUT2D eigenvalue weighted by Gasteiger charge is 2.27. The first-order valence-electron chi connectivity index (χ1n) is 7.32. The van der Waals surface area contributed by atoms with Gasteiger partial charge in [-0.2, -0.15) is 0 Å². The van der Waals surface area contributed by atoms with Gasteiger partial charge in [-0.25, -0.2) is 0 Å². The van der Waals surface area contributed by atoms with E-state index in [1.165, 1.54) is 4.88 Å². The van der Waals surface area contributed by atoms with Crippen molar-refractivity contribution >= 4 is 17.2 Å². The molecule has 0 radical (unpaired) electrons. The minimum Gasteiger partial charge on any atom is -0.338 e. The molecule has 21 heavy (non-hydrogen) atoms. The van der Waals surface area contributed by atoms with Gasteiger partial charge >= 0.3 is 0 Å². The molecule has 0 spiro atoms. The van der Waals surface area contributed by atoms with Crippen molar-refractivity contribution in [2.45, 2.75) is 19.5 Å². The van der Waals surface area contributed by atoms with E-state index in [-0.39, 0.29) is 11.9 Å². The van der Waals surface area contributed by atoms with Crippen LogP contribution in [0.1, 0.15) is 22.3 Å². The second-order valence-corrected chi connectivity index (χ2v) is 6.74. The minimum atomic E-state index is 0.150. The molecule has 1 unspecified atom stereocenters. The number of carbonyl (C=O) groups is 1. The molecule has 1 atom stereocenters. The van der Waals surface area contributed by atoms with Gasteiger partial charge in [0, 0.05) is 36.8 Å². The average Bonchev–Trinajstić information content (AvgIpc) is 3.10. The fraction of sp³-hybridized carbons (Fsp3) is 0.438. The number of thiophene rings is 1. The molecule has 3 heterocycles. The highest BCUT2D eigenvalue weighted by atomic mass is 32.1. The summed E-state index contributed by atoms with van der Waals surface area (Å²) in [5.74, 6) is 0.150. The van der Waals surface area contributed by atoms with Crippen molar-refractivity contribution in [3.63, 3.8) is 0 Å². The number of aromatic nitrogens is 1. The normalized spacial score (nSPS) is 19.9. The zero-order chi connectivity index (χ0) is 14.8. The number of piperazine rings is 1. The van der Waals surface area contributed by atoms with Crippen LogP contribution in [0.2, 0.25) is 0 Å². The number of hydrogen-bond donors (Lipinski definition) is 0. The SMILES string of the molecule is CC1CN(C)CCN1C(=O)c1cccn1Cc1cccs1. The van der Waals surface area contributed by atoms with E-state index in [4.69, 9.17) is 0 Å². The van der Waals surface area contributed by atoms with Crippen LogP contribution in [-0.2, 0) is 6.54 Å². The van der Waals surface area contributed by atoms with Gasteiger partial charge in [-0.3, -0.25) is 4.79 Å². The third kappa shape index (κ3) is 3.04. The van der Waals surface area contributed by atoms with E-state index in [0.717, 1.165) is 31.9 Å². The van der Waals surface area contributed by atoms with Gasteiger partial charge in [0.25, 0.3) is 5.91 Å². The summed E-state index contributed by atoms with van der Waals surface area (Å²) in [6, 6.07) is 8.31. The molecule has 112 valence electrons. The van der Waals surface area contributed by atoms with Gasteiger partial charge in [0.05, 0.1) is 6.54 Å². The third-order valence-electron chi connectivity index (χ3n) is 4.05. The molecule has 5 heteroatoms. The highest BCUT2D eigenvalue weighted by Crippen LogP contribution is 2.17. The van der Waals surface area contributed by atoms with Crippen molar-refractivity contribution < 1.29 is 4.79 Å². The molecular weight excluding hydrogens is 282 g/mol. The Kier molecular flexibility index (Phi) is 4.12. The molecule has 2 aromatic rings. The molecular formula is C16H21N3OS. The van der Waals surface area contributed by atoms with Crippen molar-refractivity contribution in [1.82, 2.24) is 14.4 Å². The lowest BCUT2D eigenvalue weighted by Gasteiger charge is -2.38. The summed E-state index contributed by atoms with van der Waals surface area (Å²) in [6.45, 7) is 5.59. The first-order valence-corrected chi connectivity index (χ1v) is 8.20. The maximum absolute atomic E-state index is 12.8. The molecule has 1 saturated heterocycles. The summed E-state index contributed by atoms with van der Waals surface area (Å²) in [7, 11) is 2.11. The molecule has 0 aromatic carbocycles. The van der Waals surface area contributed by atoms with Gasteiger partial charge in [0.2, 0.25) is 0 Å². The number of nitrogens with zero attached hydrogens (tertiary/aromatic N) is 3. The Bertz CT molecular complexity index is 605. The third-order valence-corrected chi connectivity index (χ3v) is 4.91. The number of rotatable bonds is 3. The Hall–Kier alpha value is -1.59. The quantitative estimate of drug-likeness (QED) is 0.871. The predicted octanol–water partition coefficient (Wildman–Crippen LogP) is 2.37. The minimum absolute atomic E-state index is 0.150. The number of likely N-dealkylation sites (N-methyl/N-ethyl adjacent to an activating group) is 1. The molecule has 1 aliphatic heterocycles. The van der Waals surface area contributed by atoms with Crippen LogP contribution in [-0.4, -0.2) is 53.0 Å². The molecule has 1 aliphatic rings. The van der Waals surface area contributed by atoms with Crippen LogP contribution >= 0.6 is 11.3 Å². The van der Waals surface area contributed by atoms with Crippen molar-refractivity contribution in [1.29, 1.82) is 0 Å². The molecule has 0 saturated carbocycles. The van der Waals surface area contributed by atoms with Crippen molar-refractivity contribution in [3.8, 4) is 0 Å². The average molecular weight is 303 g/mol. The predicted molar refractivity (Wildman–Crippen MR) is 85.8 cm³/mol. The van der Waals surface area contributed by atoms with Crippen LogP contribution in [0.4, 0.5) is 0 Å². The lowest BCUT2D eigenvalue weighted by molar-refractivity contribution is 0.0523. The van der Waals surface area contributed by atoms with Crippen LogP contribution in [0, 0.1) is 0 Å². The van der Waals surface area contributed by atoms with Crippen molar-refractivity contribution in [3.05, 3.63) is 46.4 Å². The lowest BCUT2D eigenvalue weighted by Crippen LogP contribution is -2.53. The molecule has 0 bridgehead atoms. The Labute approximate surface area is 129 Å². The van der Waals surface area contributed by atoms with Crippen LogP contribution in [0.3, 0.4) is 0 Å². The van der Waals surface area contributed by atoms with Gasteiger partial charge in [-0.1, -0.05) is 6.07 Å². The van der Waals surface area contributed by atoms with Crippen LogP contribution in [0.5, 0.6) is 0 Å². The smallest absolute Gasteiger partial charge is 0.270 e. The van der Waals surface area contributed by atoms with E-state index < -0.39 is 0 Å². The van der Waals surface area contributed by atoms with E-state index >= 15 is 0 Å². The highest BCUT2D eigenvalue weighted by molar-refractivity contribution is 7.09. The summed E-state index contributed by atoms with van der Waals surface area (Å²) >= 11 is 1.73. The second kappa shape index (κ2) is 6.03. The van der Waals surface area contributed by atoms with Crippen molar-refractivity contribution in [2.24, 2.45) is 0 Å². The van der Waals surface area contributed by atoms with E-state index in [1.807, 2.05) is 29.3 Å². The monoisotopic (exact) mass is 303 g/mol. The first-order chi connectivity index (χ1) is 10.1. The van der Waals surface area contributed by atoms with Gasteiger partial charge in [-0.15, -0.1) is 11.3 Å². The maximum Gasteiger partial charge on any atom is 0.270 e. The molecule has 0 aliphatic carbocycles. The summed E-state index contributed by atoms with van der Waals surface area (Å²) < 4.78 is 2.05. The first kappa shape index (κ1) is 14.4. The molecule has 1 amide bonds. The zero-order valence-electron chi connectivity index (χ0n) is 12.5. The summed E-state index contributed by atoms with van der Waals surface area (Å²) in [5, 5.41) is 2.07. The lowest BCUT2D eigenvalue weighted by atomic mass is 10.2. The van der Waals surface area contributed by atoms with E-state index in [1.54, 1.807) is 11.3 Å². The maximum atomic E-state index is 12.8. The topological polar surface area (TPSA) is 28.5 Å². The number of hydrogen-bond acceptors (Lipinski definition) is 3. The molecule has 1 fully saturated rings. The van der Waals surface area contributed by atoms with Crippen LogP contribution < -0.4 is 0 Å². The second-order valence-electron chi connectivity index (χ2n) is 5.71. The van der Waals surface area contributed by atoms with E-state index in [9.17, 15) is 4.79 Å². The number of carbonyl (C=O) groups excluding carboxylic acids is 1. The van der Waals surface area contributed by atoms with Crippen LogP contribution in [0.15, 0.2) is 35.8 Å². The summed E-state index contributed by atoms with van der Waals surface area (Å²) in [5.41, 5.74) is 0.791. The zero-order valence-corrected chi connectivity index (χ0v) is 13.3. The molecule has 2 aromatic heterocycles. The largest absolute Gasteiger partial charge is 0.338 e. The number of amides is 1. The van der Waals surface area contributed by atoms with Gasteiger partial charge in [-0.05, 0) is 37.6 Å². The fourth-order valence-corrected chi connectivity index (χ4v) is 3.61. The summed E-state index contributed by atoms with van der Waals surface area (Å²) in [4.78, 5) is 18.4.